The molecule has 21 heavy (non-hydrogen) atoms. The van der Waals surface area contributed by atoms with Gasteiger partial charge in [0.05, 0.1) is 6.20 Å². The Morgan fingerprint density at radius 3 is 2.57 bits per heavy atom. The van der Waals surface area contributed by atoms with Crippen molar-refractivity contribution < 1.29 is 12.8 Å². The van der Waals surface area contributed by atoms with Gasteiger partial charge in [0.15, 0.2) is 0 Å². The monoisotopic (exact) mass is 309 g/mol. The first-order chi connectivity index (χ1) is 10.0. The van der Waals surface area contributed by atoms with Gasteiger partial charge in [-0.15, -0.1) is 0 Å². The zero-order valence-corrected chi connectivity index (χ0v) is 12.1. The number of nitrogens with one attached hydrogen (secondary N) is 1. The van der Waals surface area contributed by atoms with Crippen LogP contribution in [0, 0.1) is 5.82 Å². The molecule has 1 heterocycles. The minimum atomic E-state index is -3.85. The van der Waals surface area contributed by atoms with Crippen LogP contribution in [0.15, 0.2) is 53.7 Å². The molecule has 0 amide bonds. The van der Waals surface area contributed by atoms with Crippen molar-refractivity contribution in [3.8, 4) is 0 Å². The lowest BCUT2D eigenvalue weighted by Gasteiger charge is -2.17. The second-order valence-electron chi connectivity index (χ2n) is 4.58. The van der Waals surface area contributed by atoms with E-state index in [4.69, 9.17) is 5.73 Å². The SMILES string of the molecule is NCC(Cc1ccccc1)NS(=O)(=O)c1cncc(F)c1. The van der Waals surface area contributed by atoms with Crippen LogP contribution in [0.4, 0.5) is 4.39 Å². The van der Waals surface area contributed by atoms with Crippen LogP contribution in [0.1, 0.15) is 5.56 Å². The van der Waals surface area contributed by atoms with Crippen LogP contribution in [0.5, 0.6) is 0 Å². The van der Waals surface area contributed by atoms with E-state index < -0.39 is 21.9 Å². The number of hydrogen-bond acceptors (Lipinski definition) is 4. The number of aromatic nitrogens is 1. The molecule has 1 aromatic heterocycles. The van der Waals surface area contributed by atoms with Crippen LogP contribution in [0.3, 0.4) is 0 Å². The lowest BCUT2D eigenvalue weighted by molar-refractivity contribution is 0.545. The van der Waals surface area contributed by atoms with Crippen molar-refractivity contribution >= 4 is 10.0 Å². The fourth-order valence-corrected chi connectivity index (χ4v) is 3.12. The van der Waals surface area contributed by atoms with E-state index in [1.165, 1.54) is 0 Å². The average molecular weight is 309 g/mol. The summed E-state index contributed by atoms with van der Waals surface area (Å²) in [5.74, 6) is -0.703. The fourth-order valence-electron chi connectivity index (χ4n) is 1.90. The Morgan fingerprint density at radius 2 is 1.95 bits per heavy atom. The van der Waals surface area contributed by atoms with Crippen molar-refractivity contribution in [2.24, 2.45) is 5.73 Å². The van der Waals surface area contributed by atoms with E-state index in [0.717, 1.165) is 24.0 Å². The summed E-state index contributed by atoms with van der Waals surface area (Å²) < 4.78 is 39.9. The van der Waals surface area contributed by atoms with Crippen molar-refractivity contribution in [1.29, 1.82) is 0 Å². The fraction of sp³-hybridized carbons (Fsp3) is 0.214. The molecule has 2 rings (SSSR count). The summed E-state index contributed by atoms with van der Waals surface area (Å²) in [5, 5.41) is 0. The van der Waals surface area contributed by atoms with E-state index in [0.29, 0.717) is 6.42 Å². The number of pyridine rings is 1. The molecule has 1 atom stereocenters. The Labute approximate surface area is 123 Å². The van der Waals surface area contributed by atoms with E-state index in [9.17, 15) is 12.8 Å². The molecule has 7 heteroatoms. The minimum absolute atomic E-state index is 0.136. The highest BCUT2D eigenvalue weighted by molar-refractivity contribution is 7.89. The molecule has 0 aliphatic carbocycles. The van der Waals surface area contributed by atoms with E-state index in [1.54, 1.807) is 0 Å². The molecule has 0 saturated carbocycles. The predicted molar refractivity (Wildman–Crippen MR) is 77.5 cm³/mol. The number of hydrogen-bond donors (Lipinski definition) is 2. The van der Waals surface area contributed by atoms with Gasteiger partial charge in [0.2, 0.25) is 10.0 Å². The Hall–Kier alpha value is -1.83. The Bertz CT molecular complexity index is 692. The highest BCUT2D eigenvalue weighted by atomic mass is 32.2. The third kappa shape index (κ3) is 4.32. The molecule has 1 aromatic carbocycles. The number of sulfonamides is 1. The highest BCUT2D eigenvalue weighted by Crippen LogP contribution is 2.10. The van der Waals surface area contributed by atoms with Gasteiger partial charge in [0, 0.05) is 18.8 Å². The normalized spacial score (nSPS) is 13.0. The second-order valence-corrected chi connectivity index (χ2v) is 6.30. The molecule has 0 radical (unpaired) electrons. The van der Waals surface area contributed by atoms with Gasteiger partial charge in [-0.25, -0.2) is 17.5 Å². The number of benzene rings is 1. The summed E-state index contributed by atoms with van der Waals surface area (Å²) in [6.07, 6.45) is 2.50. The first kappa shape index (κ1) is 15.6. The maximum absolute atomic E-state index is 13.1. The van der Waals surface area contributed by atoms with Crippen LogP contribution in [0.2, 0.25) is 0 Å². The smallest absolute Gasteiger partial charge is 0.242 e. The average Bonchev–Trinajstić information content (AvgIpc) is 2.47. The third-order valence-electron chi connectivity index (χ3n) is 2.92. The van der Waals surface area contributed by atoms with E-state index in [2.05, 4.69) is 9.71 Å². The third-order valence-corrected chi connectivity index (χ3v) is 4.41. The zero-order valence-electron chi connectivity index (χ0n) is 11.2. The standard InChI is InChI=1S/C14H16FN3O2S/c15-12-7-14(10-17-9-12)21(19,20)18-13(8-16)6-11-4-2-1-3-5-11/h1-5,7,9-10,13,18H,6,8,16H2. The van der Waals surface area contributed by atoms with Crippen molar-refractivity contribution in [2.45, 2.75) is 17.4 Å². The molecule has 0 aliphatic heterocycles. The van der Waals surface area contributed by atoms with E-state index in [-0.39, 0.29) is 11.4 Å². The van der Waals surface area contributed by atoms with Gasteiger partial charge in [-0.05, 0) is 18.1 Å². The van der Waals surface area contributed by atoms with Crippen LogP contribution < -0.4 is 10.5 Å². The predicted octanol–water partition coefficient (Wildman–Crippen LogP) is 1.07. The van der Waals surface area contributed by atoms with E-state index in [1.807, 2.05) is 30.3 Å². The Kier molecular flexibility index (Phi) is 5.00. The molecule has 0 spiro atoms. The molecule has 1 unspecified atom stereocenters. The van der Waals surface area contributed by atoms with Crippen molar-refractivity contribution in [2.75, 3.05) is 6.54 Å². The molecular weight excluding hydrogens is 293 g/mol. The van der Waals surface area contributed by atoms with Crippen molar-refractivity contribution in [3.05, 3.63) is 60.2 Å². The lowest BCUT2D eigenvalue weighted by atomic mass is 10.1. The number of rotatable bonds is 6. The molecule has 2 aromatic rings. The first-order valence-electron chi connectivity index (χ1n) is 6.38. The quantitative estimate of drug-likeness (QED) is 0.836. The summed E-state index contributed by atoms with van der Waals surface area (Å²) >= 11 is 0. The molecule has 5 nitrogen and oxygen atoms in total. The Morgan fingerprint density at radius 1 is 1.24 bits per heavy atom. The van der Waals surface area contributed by atoms with Crippen LogP contribution >= 0.6 is 0 Å². The molecule has 0 bridgehead atoms. The van der Waals surface area contributed by atoms with Crippen molar-refractivity contribution in [3.63, 3.8) is 0 Å². The van der Waals surface area contributed by atoms with Gasteiger partial charge in [-0.3, -0.25) is 4.98 Å². The molecular formula is C14H16FN3O2S. The summed E-state index contributed by atoms with van der Waals surface area (Å²) in [4.78, 5) is 3.33. The lowest BCUT2D eigenvalue weighted by Crippen LogP contribution is -2.41. The van der Waals surface area contributed by atoms with Crippen molar-refractivity contribution in [1.82, 2.24) is 9.71 Å². The molecule has 0 fully saturated rings. The number of halogens is 1. The van der Waals surface area contributed by atoms with Gasteiger partial charge in [-0.1, -0.05) is 30.3 Å². The molecule has 0 saturated heterocycles. The summed E-state index contributed by atoms with van der Waals surface area (Å²) in [6, 6.07) is 9.85. The largest absolute Gasteiger partial charge is 0.329 e. The minimum Gasteiger partial charge on any atom is -0.329 e. The van der Waals surface area contributed by atoms with Gasteiger partial charge in [0.25, 0.3) is 0 Å². The maximum atomic E-state index is 13.1. The van der Waals surface area contributed by atoms with Crippen LogP contribution in [0.25, 0.3) is 0 Å². The highest BCUT2D eigenvalue weighted by Gasteiger charge is 2.20. The summed E-state index contributed by atoms with van der Waals surface area (Å²) in [5.41, 5.74) is 6.58. The topological polar surface area (TPSA) is 85.1 Å². The Balaban J connectivity index is 2.14. The molecule has 112 valence electrons. The molecule has 3 N–H and O–H groups in total. The van der Waals surface area contributed by atoms with Crippen LogP contribution in [-0.2, 0) is 16.4 Å². The second kappa shape index (κ2) is 6.75. The van der Waals surface area contributed by atoms with Gasteiger partial charge < -0.3 is 5.73 Å². The van der Waals surface area contributed by atoms with E-state index >= 15 is 0 Å². The number of nitrogens with zero attached hydrogens (tertiary/aromatic N) is 1. The maximum Gasteiger partial charge on any atom is 0.242 e. The van der Waals surface area contributed by atoms with Gasteiger partial charge in [0.1, 0.15) is 10.7 Å². The van der Waals surface area contributed by atoms with Gasteiger partial charge >= 0.3 is 0 Å². The first-order valence-corrected chi connectivity index (χ1v) is 7.86. The summed E-state index contributed by atoms with van der Waals surface area (Å²) in [7, 11) is -3.85. The number of nitrogens with two attached hydrogens (primary N) is 1. The zero-order chi connectivity index (χ0) is 15.3. The molecule has 0 aliphatic rings. The summed E-state index contributed by atoms with van der Waals surface area (Å²) in [6.45, 7) is 0.136. The van der Waals surface area contributed by atoms with Gasteiger partial charge in [-0.2, -0.15) is 0 Å². The van der Waals surface area contributed by atoms with Crippen LogP contribution in [-0.4, -0.2) is 26.0 Å².